The highest BCUT2D eigenvalue weighted by molar-refractivity contribution is 6.90. The number of aryl methyl sites for hydroxylation is 1. The summed E-state index contributed by atoms with van der Waals surface area (Å²) in [6, 6.07) is 11.3. The summed E-state index contributed by atoms with van der Waals surface area (Å²) in [7, 11) is 0.863. The number of imide groups is 1. The molecule has 516 valence electrons. The molecule has 6 fully saturated rings. The third-order valence-corrected chi connectivity index (χ3v) is 27.7. The van der Waals surface area contributed by atoms with Crippen molar-refractivity contribution in [1.82, 2.24) is 49.0 Å². The van der Waals surface area contributed by atoms with Gasteiger partial charge in [-0.2, -0.15) is 9.97 Å². The number of halogens is 3. The van der Waals surface area contributed by atoms with Crippen LogP contribution < -0.4 is 30.3 Å². The van der Waals surface area contributed by atoms with Gasteiger partial charge in [0.05, 0.1) is 34.1 Å². The van der Waals surface area contributed by atoms with Gasteiger partial charge < -0.3 is 33.6 Å². The van der Waals surface area contributed by atoms with Crippen LogP contribution >= 0.6 is 0 Å². The molecule has 3 aromatic carbocycles. The molecule has 9 heterocycles. The van der Waals surface area contributed by atoms with E-state index in [1.165, 1.54) is 17.7 Å². The number of imidazole rings is 1. The predicted molar refractivity (Wildman–Crippen MR) is 369 cm³/mol. The summed E-state index contributed by atoms with van der Waals surface area (Å²) in [5.74, 6) is 2.62. The average Bonchev–Trinajstić information content (AvgIpc) is 1.29. The monoisotopic (exact) mass is 1340 g/mol. The van der Waals surface area contributed by atoms with Crippen LogP contribution in [0.25, 0.3) is 44.0 Å². The van der Waals surface area contributed by atoms with E-state index < -0.39 is 42.9 Å². The highest BCUT2D eigenvalue weighted by atomic mass is 28.3. The van der Waals surface area contributed by atoms with E-state index >= 15 is 13.2 Å². The Kier molecular flexibility index (Phi) is 19.9. The smallest absolute Gasteiger partial charge is 0.410 e. The number of carbonyl (C=O) groups is 3. The first-order valence-electron chi connectivity index (χ1n) is 34.6. The lowest BCUT2D eigenvalue weighted by atomic mass is 9.92. The largest absolute Gasteiger partial charge is 0.468 e. The van der Waals surface area contributed by atoms with Crippen LogP contribution in [-0.4, -0.2) is 199 Å². The fourth-order valence-electron chi connectivity index (χ4n) is 16.4. The van der Waals surface area contributed by atoms with Crippen LogP contribution in [0.3, 0.4) is 0 Å². The molecule has 6 aliphatic rings. The summed E-state index contributed by atoms with van der Waals surface area (Å²) in [5, 5.41) is 3.71. The first kappa shape index (κ1) is 68.6. The number of fused-ring (bicyclic) bond motifs is 5. The summed E-state index contributed by atoms with van der Waals surface area (Å²) in [4.78, 5) is 79.5. The Morgan fingerprint density at radius 1 is 0.802 bits per heavy atom. The number of benzene rings is 3. The number of pyridine rings is 1. The van der Waals surface area contributed by atoms with Gasteiger partial charge in [-0.1, -0.05) is 53.5 Å². The number of amides is 3. The minimum Gasteiger partial charge on any atom is -0.468 e. The van der Waals surface area contributed by atoms with Crippen LogP contribution in [0.2, 0.25) is 16.6 Å². The quantitative estimate of drug-likeness (QED) is 0.0370. The number of likely N-dealkylation sites (tertiary alicyclic amines) is 1. The second kappa shape index (κ2) is 27.9. The number of nitrogens with zero attached hydrogens (tertiary/aromatic N) is 11. The molecule has 1 N–H and O–H groups in total. The second-order valence-electron chi connectivity index (χ2n) is 29.6. The van der Waals surface area contributed by atoms with Gasteiger partial charge in [-0.3, -0.25) is 43.7 Å². The molecule has 6 aromatic rings. The van der Waals surface area contributed by atoms with E-state index in [4.69, 9.17) is 33.9 Å². The number of anilines is 2. The van der Waals surface area contributed by atoms with Gasteiger partial charge in [0.15, 0.2) is 12.6 Å². The molecule has 6 saturated heterocycles. The zero-order valence-corrected chi connectivity index (χ0v) is 58.7. The molecule has 3 unspecified atom stereocenters. The van der Waals surface area contributed by atoms with Crippen LogP contribution in [0, 0.1) is 29.0 Å². The second-order valence-corrected chi connectivity index (χ2v) is 35.2. The van der Waals surface area contributed by atoms with Crippen molar-refractivity contribution in [2.45, 2.75) is 160 Å². The van der Waals surface area contributed by atoms with Crippen LogP contribution in [0.4, 0.5) is 29.5 Å². The molecule has 0 spiro atoms. The van der Waals surface area contributed by atoms with E-state index in [1.54, 1.807) is 36.0 Å². The van der Waals surface area contributed by atoms with Gasteiger partial charge in [0.1, 0.15) is 60.6 Å². The molecule has 2 bridgehead atoms. The fourth-order valence-corrected chi connectivity index (χ4v) is 21.6. The number of ether oxygens (including phenoxy) is 4. The molecular weight excluding hydrogens is 1250 g/mol. The van der Waals surface area contributed by atoms with Gasteiger partial charge in [0.2, 0.25) is 11.8 Å². The Balaban J connectivity index is 0.710. The maximum atomic E-state index is 18.2. The van der Waals surface area contributed by atoms with Gasteiger partial charge in [0, 0.05) is 128 Å². The average molecular weight is 1340 g/mol. The molecule has 24 heteroatoms. The molecular formula is C72H95F3N12O8Si. The molecule has 3 atom stereocenters. The number of rotatable bonds is 18. The zero-order valence-electron chi connectivity index (χ0n) is 57.7. The number of alkyl halides is 1. The van der Waals surface area contributed by atoms with Crippen molar-refractivity contribution < 1.29 is 46.5 Å². The van der Waals surface area contributed by atoms with Crippen LogP contribution in [0.5, 0.6) is 11.8 Å². The molecule has 3 amide bonds. The minimum absolute atomic E-state index is 0.0412. The van der Waals surface area contributed by atoms with E-state index in [1.807, 2.05) is 43.9 Å². The number of hydrogen-bond donors (Lipinski definition) is 1. The molecule has 12 rings (SSSR count). The van der Waals surface area contributed by atoms with Crippen molar-refractivity contribution in [3.8, 4) is 34.5 Å². The Bertz CT molecular complexity index is 3990. The van der Waals surface area contributed by atoms with Crippen molar-refractivity contribution >= 4 is 70.2 Å². The van der Waals surface area contributed by atoms with E-state index in [0.29, 0.717) is 97.7 Å². The molecule has 0 radical (unpaired) electrons. The van der Waals surface area contributed by atoms with Gasteiger partial charge in [-0.25, -0.2) is 22.8 Å². The number of piperazine rings is 2. The van der Waals surface area contributed by atoms with Crippen LogP contribution in [-0.2, 0) is 26.1 Å². The summed E-state index contributed by atoms with van der Waals surface area (Å²) in [6.45, 7) is 27.8. The van der Waals surface area contributed by atoms with E-state index in [9.17, 15) is 19.2 Å². The minimum atomic E-state index is -2.37. The van der Waals surface area contributed by atoms with Crippen molar-refractivity contribution in [3.05, 3.63) is 76.3 Å². The Hall–Kier alpha value is -7.30. The Morgan fingerprint density at radius 2 is 1.49 bits per heavy atom. The number of hydrogen-bond acceptors (Lipinski definition) is 16. The van der Waals surface area contributed by atoms with Crippen molar-refractivity contribution in [2.24, 2.45) is 13.0 Å². The molecule has 0 aliphatic carbocycles. The summed E-state index contributed by atoms with van der Waals surface area (Å²) in [6.07, 6.45) is 6.04. The SMILES string of the molecule is COCOc1cc(-c2ncc3c(N4CC5CCC(C4)N5C(=O)OC(C)(C)C)nc(OCCN4CCC(F)(CN5CCN(CC6CCN(c7ccc8c(c7)n(C)c(=O)n8C7CCC(=O)NC7=O)CC6)CC5)CC4)nc3c2F)c2c(C#C[Si](C(C)C)(C(C)C)C(C)C)c(F)ccc2c1. The van der Waals surface area contributed by atoms with Gasteiger partial charge in [-0.15, -0.1) is 5.54 Å². The Labute approximate surface area is 562 Å². The molecule has 6 aliphatic heterocycles. The fraction of sp³-hybridized carbons (Fsp3) is 0.597. The number of methoxy groups -OCH3 is 1. The summed E-state index contributed by atoms with van der Waals surface area (Å²) in [5.41, 5.74) is 5.03. The van der Waals surface area contributed by atoms with E-state index in [2.05, 4.69) is 82.8 Å². The maximum Gasteiger partial charge on any atom is 0.410 e. The molecule has 0 saturated carbocycles. The molecule has 3 aromatic heterocycles. The van der Waals surface area contributed by atoms with E-state index in [0.717, 1.165) is 82.7 Å². The van der Waals surface area contributed by atoms with Gasteiger partial charge in [0.25, 0.3) is 0 Å². The number of piperidine rings is 3. The highest BCUT2D eigenvalue weighted by Crippen LogP contribution is 2.44. The van der Waals surface area contributed by atoms with Crippen molar-refractivity contribution in [2.75, 3.05) is 115 Å². The number of nitrogens with one attached hydrogen (secondary N) is 1. The maximum absolute atomic E-state index is 18.2. The number of carbonyl (C=O) groups excluding carboxylic acids is 3. The highest BCUT2D eigenvalue weighted by Gasteiger charge is 2.46. The molecule has 20 nitrogen and oxygen atoms in total. The standard InChI is InChI=1S/C72H95F3N12O8Si/c1-45(2)96(46(3)4,47(5)6)35-22-54-57(73)16-12-49-36-53(94-44-92-11)38-55(62(49)54)64-63(74)65-56(39-76-64)66(85-41-51-13-14-52(42-85)86(51)70(91)95-71(7,8)9)79-68(78-65)93-34-33-81-27-23-72(75,24-28-81)43-83-31-29-82(30-32-83)40-48-20-25-84(26-21-48)50-15-17-58-60(37-50)80(10)69(90)87(58)59-18-19-61(88)77-67(59)89/h12,15-17,36-39,45-48,51-52,59H,13-14,18-21,23-34,40-44H2,1-11H3,(H,77,88,89). The topological polar surface area (TPSA) is 185 Å². The first-order valence-corrected chi connectivity index (χ1v) is 36.9. The lowest BCUT2D eigenvalue weighted by molar-refractivity contribution is -0.135. The van der Waals surface area contributed by atoms with Gasteiger partial charge >= 0.3 is 17.8 Å². The normalized spacial score (nSPS) is 21.1. The van der Waals surface area contributed by atoms with Crippen molar-refractivity contribution in [3.63, 3.8) is 0 Å². The van der Waals surface area contributed by atoms with Crippen molar-refractivity contribution in [1.29, 1.82) is 0 Å². The van der Waals surface area contributed by atoms with Crippen LogP contribution in [0.1, 0.15) is 125 Å². The van der Waals surface area contributed by atoms with E-state index in [-0.39, 0.29) is 94.6 Å². The van der Waals surface area contributed by atoms with Crippen LogP contribution in [0.15, 0.2) is 53.5 Å². The first-order chi connectivity index (χ1) is 45.8. The summed E-state index contributed by atoms with van der Waals surface area (Å²) >= 11 is 0. The predicted octanol–water partition coefficient (Wildman–Crippen LogP) is 10.6. The third kappa shape index (κ3) is 13.9. The lowest BCUT2D eigenvalue weighted by Gasteiger charge is -2.43. The summed E-state index contributed by atoms with van der Waals surface area (Å²) < 4.78 is 78.3. The third-order valence-electron chi connectivity index (χ3n) is 21.4. The Morgan fingerprint density at radius 3 is 2.15 bits per heavy atom. The van der Waals surface area contributed by atoms with Gasteiger partial charge in [-0.05, 0) is 130 Å². The lowest BCUT2D eigenvalue weighted by Crippen LogP contribution is -2.57. The number of aromatic nitrogens is 5. The zero-order chi connectivity index (χ0) is 68.1. The molecule has 96 heavy (non-hydrogen) atoms.